The fourth-order valence-electron chi connectivity index (χ4n) is 1.60. The molecule has 2 nitrogen and oxygen atoms in total. The molecule has 0 bridgehead atoms. The van der Waals surface area contributed by atoms with Gasteiger partial charge >= 0.3 is 0 Å². The Morgan fingerprint density at radius 2 is 1.57 bits per heavy atom. The monoisotopic (exact) mass is 196 g/mol. The van der Waals surface area contributed by atoms with Gasteiger partial charge in [-0.1, -0.05) is 24.3 Å². The Morgan fingerprint density at radius 3 is 1.86 bits per heavy atom. The third-order valence-corrected chi connectivity index (χ3v) is 2.25. The molecule has 0 aliphatic carbocycles. The van der Waals surface area contributed by atoms with Crippen LogP contribution >= 0.6 is 0 Å². The van der Waals surface area contributed by atoms with Crippen molar-refractivity contribution in [3.63, 3.8) is 0 Å². The van der Waals surface area contributed by atoms with Gasteiger partial charge in [-0.25, -0.2) is 0 Å². The predicted molar refractivity (Wildman–Crippen MR) is 64.0 cm³/mol. The van der Waals surface area contributed by atoms with E-state index in [2.05, 4.69) is 12.2 Å². The molecule has 0 aromatic carbocycles. The van der Waals surface area contributed by atoms with Crippen molar-refractivity contribution in [2.45, 2.75) is 51.6 Å². The third kappa shape index (κ3) is 5.95. The van der Waals surface area contributed by atoms with Gasteiger partial charge in [0.05, 0.1) is 0 Å². The summed E-state index contributed by atoms with van der Waals surface area (Å²) in [5.41, 5.74) is 11.9. The maximum Gasteiger partial charge on any atom is 0.0238 e. The zero-order chi connectivity index (χ0) is 11.0. The predicted octanol–water partition coefficient (Wildman–Crippen LogP) is 2.35. The first-order valence-corrected chi connectivity index (χ1v) is 5.31. The van der Waals surface area contributed by atoms with E-state index in [-0.39, 0.29) is 11.6 Å². The lowest BCUT2D eigenvalue weighted by atomic mass is 9.86. The highest BCUT2D eigenvalue weighted by molar-refractivity contribution is 5.00. The summed E-state index contributed by atoms with van der Waals surface area (Å²) in [7, 11) is 0. The molecule has 0 aromatic rings. The summed E-state index contributed by atoms with van der Waals surface area (Å²) in [5, 5.41) is 0. The molecule has 0 saturated carbocycles. The molecule has 4 N–H and O–H groups in total. The minimum Gasteiger partial charge on any atom is -0.328 e. The van der Waals surface area contributed by atoms with E-state index in [4.69, 9.17) is 11.5 Å². The van der Waals surface area contributed by atoms with Gasteiger partial charge in [-0.15, -0.1) is 0 Å². The zero-order valence-corrected chi connectivity index (χ0v) is 9.66. The summed E-state index contributed by atoms with van der Waals surface area (Å²) in [6, 6.07) is 0.163. The molecule has 0 aliphatic rings. The highest BCUT2D eigenvalue weighted by atomic mass is 14.8. The maximum atomic E-state index is 6.29. The van der Waals surface area contributed by atoms with E-state index < -0.39 is 0 Å². The second-order valence-electron chi connectivity index (χ2n) is 4.09. The average molecular weight is 196 g/mol. The molecule has 0 saturated heterocycles. The minimum absolute atomic E-state index is 0.163. The van der Waals surface area contributed by atoms with Crippen LogP contribution in [-0.4, -0.2) is 11.6 Å². The van der Waals surface area contributed by atoms with E-state index in [0.717, 1.165) is 19.3 Å². The number of hydrogen-bond acceptors (Lipinski definition) is 2. The van der Waals surface area contributed by atoms with E-state index >= 15 is 0 Å². The van der Waals surface area contributed by atoms with Crippen molar-refractivity contribution in [2.24, 2.45) is 11.5 Å². The molecule has 0 aliphatic heterocycles. The summed E-state index contributed by atoms with van der Waals surface area (Å²) in [6.07, 6.45) is 11.0. The summed E-state index contributed by atoms with van der Waals surface area (Å²) in [4.78, 5) is 0. The van der Waals surface area contributed by atoms with Crippen LogP contribution in [-0.2, 0) is 0 Å². The van der Waals surface area contributed by atoms with Gasteiger partial charge in [0.1, 0.15) is 0 Å². The van der Waals surface area contributed by atoms with E-state index in [9.17, 15) is 0 Å². The lowest BCUT2D eigenvalue weighted by molar-refractivity contribution is 0.373. The molecule has 0 spiro atoms. The second-order valence-corrected chi connectivity index (χ2v) is 4.09. The van der Waals surface area contributed by atoms with Crippen LogP contribution in [0.15, 0.2) is 24.3 Å². The quantitative estimate of drug-likeness (QED) is 0.641. The van der Waals surface area contributed by atoms with Crippen molar-refractivity contribution in [3.05, 3.63) is 24.3 Å². The molecule has 1 unspecified atom stereocenters. The Labute approximate surface area is 88.1 Å². The topological polar surface area (TPSA) is 52.0 Å². The first-order valence-electron chi connectivity index (χ1n) is 5.31. The van der Waals surface area contributed by atoms with Crippen LogP contribution < -0.4 is 11.5 Å². The highest BCUT2D eigenvalue weighted by Crippen LogP contribution is 2.19. The van der Waals surface area contributed by atoms with Gasteiger partial charge in [0.2, 0.25) is 0 Å². The first-order chi connectivity index (χ1) is 6.54. The minimum atomic E-state index is -0.173. The summed E-state index contributed by atoms with van der Waals surface area (Å²) < 4.78 is 0. The molecular formula is C12H24N2. The Morgan fingerprint density at radius 1 is 1.14 bits per heavy atom. The molecule has 0 aromatic heterocycles. The Balaban J connectivity index is 4.31. The maximum absolute atomic E-state index is 6.29. The van der Waals surface area contributed by atoms with Crippen LogP contribution in [0.3, 0.4) is 0 Å². The molecule has 0 radical (unpaired) electrons. The van der Waals surface area contributed by atoms with Crippen LogP contribution in [0.25, 0.3) is 0 Å². The number of rotatable bonds is 6. The van der Waals surface area contributed by atoms with Crippen molar-refractivity contribution < 1.29 is 0 Å². The smallest absolute Gasteiger partial charge is 0.0238 e. The van der Waals surface area contributed by atoms with Gasteiger partial charge in [-0.2, -0.15) is 0 Å². The average Bonchev–Trinajstić information content (AvgIpc) is 2.11. The van der Waals surface area contributed by atoms with E-state index in [1.807, 2.05) is 32.9 Å². The summed E-state index contributed by atoms with van der Waals surface area (Å²) in [5.74, 6) is 0. The largest absolute Gasteiger partial charge is 0.328 e. The third-order valence-electron chi connectivity index (χ3n) is 2.25. The Kier molecular flexibility index (Phi) is 6.50. The normalized spacial score (nSPS) is 18.9. The van der Waals surface area contributed by atoms with Gasteiger partial charge in [0, 0.05) is 11.6 Å². The molecule has 14 heavy (non-hydrogen) atoms. The van der Waals surface area contributed by atoms with E-state index in [1.165, 1.54) is 0 Å². The number of hydrogen-bond donors (Lipinski definition) is 2. The van der Waals surface area contributed by atoms with Gasteiger partial charge in [0.15, 0.2) is 0 Å². The molecule has 2 heteroatoms. The SMILES string of the molecule is CC=CCC(N)(CC=CC)CC(C)N. The van der Waals surface area contributed by atoms with Crippen molar-refractivity contribution in [1.29, 1.82) is 0 Å². The molecule has 1 atom stereocenters. The van der Waals surface area contributed by atoms with Gasteiger partial charge < -0.3 is 11.5 Å². The van der Waals surface area contributed by atoms with E-state index in [1.54, 1.807) is 0 Å². The van der Waals surface area contributed by atoms with Crippen LogP contribution in [0.4, 0.5) is 0 Å². The fourth-order valence-corrected chi connectivity index (χ4v) is 1.60. The second kappa shape index (κ2) is 6.80. The van der Waals surface area contributed by atoms with Crippen molar-refractivity contribution in [3.8, 4) is 0 Å². The van der Waals surface area contributed by atoms with Crippen molar-refractivity contribution >= 4 is 0 Å². The summed E-state index contributed by atoms with van der Waals surface area (Å²) >= 11 is 0. The van der Waals surface area contributed by atoms with Gasteiger partial charge in [-0.05, 0) is 40.0 Å². The van der Waals surface area contributed by atoms with Crippen LogP contribution in [0.1, 0.15) is 40.0 Å². The molecule has 0 heterocycles. The fraction of sp³-hybridized carbons (Fsp3) is 0.667. The highest BCUT2D eigenvalue weighted by Gasteiger charge is 2.23. The Bertz CT molecular complexity index is 178. The van der Waals surface area contributed by atoms with E-state index in [0.29, 0.717) is 0 Å². The lowest BCUT2D eigenvalue weighted by Gasteiger charge is -2.29. The number of allylic oxidation sites excluding steroid dienone is 2. The van der Waals surface area contributed by atoms with Crippen molar-refractivity contribution in [2.75, 3.05) is 0 Å². The molecule has 0 rings (SSSR count). The van der Waals surface area contributed by atoms with Crippen LogP contribution in [0, 0.1) is 0 Å². The molecule has 0 fully saturated rings. The van der Waals surface area contributed by atoms with Gasteiger partial charge in [-0.3, -0.25) is 0 Å². The lowest BCUT2D eigenvalue weighted by Crippen LogP contribution is -2.43. The van der Waals surface area contributed by atoms with Gasteiger partial charge in [0.25, 0.3) is 0 Å². The molecule has 0 amide bonds. The standard InChI is InChI=1S/C12H24N2/c1-4-6-8-12(14,9-7-5-2)10-11(3)13/h4-7,11H,8-10,13-14H2,1-3H3. The molecular weight excluding hydrogens is 172 g/mol. The number of nitrogens with two attached hydrogens (primary N) is 2. The first kappa shape index (κ1) is 13.4. The van der Waals surface area contributed by atoms with Crippen molar-refractivity contribution in [1.82, 2.24) is 0 Å². The Hall–Kier alpha value is -0.600. The molecule has 82 valence electrons. The summed E-state index contributed by atoms with van der Waals surface area (Å²) in [6.45, 7) is 6.04. The zero-order valence-electron chi connectivity index (χ0n) is 9.66. The van der Waals surface area contributed by atoms with Crippen LogP contribution in [0.2, 0.25) is 0 Å². The van der Waals surface area contributed by atoms with Crippen LogP contribution in [0.5, 0.6) is 0 Å².